The molecule has 0 bridgehead atoms. The number of rotatable bonds is 4. The molecule has 3 heterocycles. The van der Waals surface area contributed by atoms with Crippen LogP contribution in [-0.4, -0.2) is 39.9 Å². The lowest BCUT2D eigenvalue weighted by Crippen LogP contribution is -2.44. The first-order chi connectivity index (χ1) is 12.3. The number of carbonyl (C=O) groups excluding carboxylic acids is 1. The summed E-state index contributed by atoms with van der Waals surface area (Å²) in [6.45, 7) is 1.02. The number of pyridine rings is 1. The van der Waals surface area contributed by atoms with E-state index in [-0.39, 0.29) is 18.7 Å². The predicted octanol–water partition coefficient (Wildman–Crippen LogP) is 1.37. The van der Waals surface area contributed by atoms with E-state index < -0.39 is 0 Å². The van der Waals surface area contributed by atoms with E-state index in [1.54, 1.807) is 0 Å². The van der Waals surface area contributed by atoms with Crippen LogP contribution in [-0.2, 0) is 6.54 Å². The number of carbonyl (C=O) groups is 1. The third-order valence-corrected chi connectivity index (χ3v) is 3.85. The van der Waals surface area contributed by atoms with Gasteiger partial charge in [0.1, 0.15) is 6.61 Å². The summed E-state index contributed by atoms with van der Waals surface area (Å²) in [5.74, 6) is 2.08. The minimum atomic E-state index is -0.296. The van der Waals surface area contributed by atoms with Crippen molar-refractivity contribution in [2.24, 2.45) is 0 Å². The zero-order valence-electron chi connectivity index (χ0n) is 13.4. The van der Waals surface area contributed by atoms with E-state index in [0.29, 0.717) is 24.7 Å². The Labute approximate surface area is 143 Å². The second kappa shape index (κ2) is 6.68. The van der Waals surface area contributed by atoms with E-state index in [2.05, 4.69) is 20.8 Å². The van der Waals surface area contributed by atoms with Gasteiger partial charge in [-0.05, 0) is 24.3 Å². The molecule has 2 amide bonds. The summed E-state index contributed by atoms with van der Waals surface area (Å²) in [6, 6.07) is 12.8. The van der Waals surface area contributed by atoms with Crippen molar-refractivity contribution < 1.29 is 14.3 Å². The largest absolute Gasteiger partial charge is 0.486 e. The molecule has 0 fully saturated rings. The number of aromatic nitrogens is 3. The Kier molecular flexibility index (Phi) is 4.07. The van der Waals surface area contributed by atoms with Gasteiger partial charge in [-0.15, -0.1) is 10.2 Å². The number of hydrogen-bond donors (Lipinski definition) is 2. The molecule has 3 aromatic rings. The van der Waals surface area contributed by atoms with Crippen molar-refractivity contribution in [3.05, 3.63) is 54.5 Å². The highest BCUT2D eigenvalue weighted by Gasteiger charge is 2.21. The van der Waals surface area contributed by atoms with Crippen LogP contribution in [0.5, 0.6) is 11.5 Å². The lowest BCUT2D eigenvalue weighted by molar-refractivity contribution is 0.0918. The van der Waals surface area contributed by atoms with Gasteiger partial charge in [0.15, 0.2) is 29.1 Å². The van der Waals surface area contributed by atoms with Crippen molar-refractivity contribution in [1.29, 1.82) is 0 Å². The van der Waals surface area contributed by atoms with Crippen LogP contribution in [0.4, 0.5) is 4.79 Å². The van der Waals surface area contributed by atoms with Gasteiger partial charge < -0.3 is 20.1 Å². The highest BCUT2D eigenvalue weighted by Crippen LogP contribution is 2.30. The van der Waals surface area contributed by atoms with Crippen molar-refractivity contribution in [3.8, 4) is 11.5 Å². The van der Waals surface area contributed by atoms with Gasteiger partial charge in [0.2, 0.25) is 0 Å². The fourth-order valence-corrected chi connectivity index (χ4v) is 2.60. The van der Waals surface area contributed by atoms with Gasteiger partial charge in [0, 0.05) is 6.20 Å². The number of nitrogens with one attached hydrogen (secondary N) is 2. The summed E-state index contributed by atoms with van der Waals surface area (Å²) in [4.78, 5) is 12.0. The summed E-state index contributed by atoms with van der Waals surface area (Å²) in [6.07, 6.45) is 1.63. The van der Waals surface area contributed by atoms with Gasteiger partial charge in [-0.25, -0.2) is 4.79 Å². The fraction of sp³-hybridized carbons (Fsp3) is 0.235. The number of para-hydroxylation sites is 2. The van der Waals surface area contributed by atoms with E-state index in [1.807, 2.05) is 53.1 Å². The molecule has 1 aliphatic rings. The molecular formula is C17H17N5O3. The Morgan fingerprint density at radius 3 is 2.88 bits per heavy atom. The van der Waals surface area contributed by atoms with Crippen molar-refractivity contribution in [3.63, 3.8) is 0 Å². The third-order valence-electron chi connectivity index (χ3n) is 3.85. The highest BCUT2D eigenvalue weighted by atomic mass is 16.6. The zero-order chi connectivity index (χ0) is 17.1. The highest BCUT2D eigenvalue weighted by molar-refractivity contribution is 5.73. The molecule has 8 nitrogen and oxygen atoms in total. The molecule has 1 unspecified atom stereocenters. The zero-order valence-corrected chi connectivity index (χ0v) is 13.4. The molecule has 4 rings (SSSR count). The van der Waals surface area contributed by atoms with Crippen LogP contribution in [0.3, 0.4) is 0 Å². The Bertz CT molecular complexity index is 895. The smallest absolute Gasteiger partial charge is 0.315 e. The number of hydrogen-bond acceptors (Lipinski definition) is 5. The van der Waals surface area contributed by atoms with Gasteiger partial charge in [0.05, 0.1) is 13.1 Å². The summed E-state index contributed by atoms with van der Waals surface area (Å²) in [5, 5.41) is 13.7. The maximum Gasteiger partial charge on any atom is 0.315 e. The molecule has 0 spiro atoms. The fourth-order valence-electron chi connectivity index (χ4n) is 2.60. The van der Waals surface area contributed by atoms with Crippen molar-refractivity contribution >= 4 is 11.7 Å². The van der Waals surface area contributed by atoms with Crippen molar-refractivity contribution in [2.45, 2.75) is 12.6 Å². The summed E-state index contributed by atoms with van der Waals surface area (Å²) >= 11 is 0. The molecule has 0 aliphatic carbocycles. The number of ether oxygens (including phenoxy) is 2. The first-order valence-electron chi connectivity index (χ1n) is 7.98. The van der Waals surface area contributed by atoms with Crippen LogP contribution in [0.25, 0.3) is 5.65 Å². The quantitative estimate of drug-likeness (QED) is 0.749. The van der Waals surface area contributed by atoms with E-state index >= 15 is 0 Å². The summed E-state index contributed by atoms with van der Waals surface area (Å²) in [5.41, 5.74) is 0.742. The summed E-state index contributed by atoms with van der Waals surface area (Å²) in [7, 11) is 0. The van der Waals surface area contributed by atoms with Crippen LogP contribution in [0.15, 0.2) is 48.7 Å². The monoisotopic (exact) mass is 339 g/mol. The number of benzene rings is 1. The molecule has 0 saturated carbocycles. The van der Waals surface area contributed by atoms with Crippen LogP contribution in [0.1, 0.15) is 5.82 Å². The van der Waals surface area contributed by atoms with Gasteiger partial charge in [-0.1, -0.05) is 18.2 Å². The van der Waals surface area contributed by atoms with Gasteiger partial charge in [0.25, 0.3) is 0 Å². The maximum atomic E-state index is 12.0. The Morgan fingerprint density at radius 1 is 1.12 bits per heavy atom. The van der Waals surface area contributed by atoms with E-state index in [4.69, 9.17) is 9.47 Å². The predicted molar refractivity (Wildman–Crippen MR) is 89.6 cm³/mol. The summed E-state index contributed by atoms with van der Waals surface area (Å²) < 4.78 is 13.2. The standard InChI is InChI=1S/C17H17N5O3/c23-17(19-10-16-21-20-15-7-3-4-8-22(15)16)18-9-12-11-24-13-5-1-2-6-14(13)25-12/h1-8,12H,9-11H2,(H2,18,19,23). The van der Waals surface area contributed by atoms with E-state index in [9.17, 15) is 4.79 Å². The molecular weight excluding hydrogens is 322 g/mol. The van der Waals surface area contributed by atoms with Crippen LogP contribution in [0.2, 0.25) is 0 Å². The van der Waals surface area contributed by atoms with Crippen molar-refractivity contribution in [2.75, 3.05) is 13.2 Å². The minimum Gasteiger partial charge on any atom is -0.486 e. The second-order valence-corrected chi connectivity index (χ2v) is 5.61. The van der Waals surface area contributed by atoms with Crippen LogP contribution in [0, 0.1) is 0 Å². The normalized spacial score (nSPS) is 15.8. The third kappa shape index (κ3) is 3.32. The van der Waals surface area contributed by atoms with Crippen LogP contribution < -0.4 is 20.1 Å². The molecule has 2 N–H and O–H groups in total. The van der Waals surface area contributed by atoms with Crippen LogP contribution >= 0.6 is 0 Å². The average Bonchev–Trinajstić information content (AvgIpc) is 3.08. The first-order valence-corrected chi connectivity index (χ1v) is 7.98. The molecule has 0 saturated heterocycles. The molecule has 1 aliphatic heterocycles. The number of fused-ring (bicyclic) bond motifs is 2. The molecule has 1 aromatic carbocycles. The Hall–Kier alpha value is -3.29. The SMILES string of the molecule is O=C(NCc1nnc2ccccn12)NCC1COc2ccccc2O1. The average molecular weight is 339 g/mol. The number of nitrogens with zero attached hydrogens (tertiary/aromatic N) is 3. The molecule has 128 valence electrons. The van der Waals surface area contributed by atoms with Crippen molar-refractivity contribution in [1.82, 2.24) is 25.2 Å². The molecule has 2 aromatic heterocycles. The lowest BCUT2D eigenvalue weighted by atomic mass is 10.2. The molecule has 8 heteroatoms. The number of amides is 2. The van der Waals surface area contributed by atoms with Gasteiger partial charge >= 0.3 is 6.03 Å². The maximum absolute atomic E-state index is 12.0. The topological polar surface area (TPSA) is 89.8 Å². The molecule has 1 atom stereocenters. The lowest BCUT2D eigenvalue weighted by Gasteiger charge is -2.26. The van der Waals surface area contributed by atoms with E-state index in [0.717, 1.165) is 11.4 Å². The Balaban J connectivity index is 1.27. The molecule has 25 heavy (non-hydrogen) atoms. The van der Waals surface area contributed by atoms with Gasteiger partial charge in [-0.3, -0.25) is 4.40 Å². The minimum absolute atomic E-state index is 0.227. The first kappa shape index (κ1) is 15.3. The number of urea groups is 1. The Morgan fingerprint density at radius 2 is 1.96 bits per heavy atom. The molecule has 0 radical (unpaired) electrons. The van der Waals surface area contributed by atoms with Gasteiger partial charge in [-0.2, -0.15) is 0 Å². The second-order valence-electron chi connectivity index (χ2n) is 5.61. The van der Waals surface area contributed by atoms with E-state index in [1.165, 1.54) is 0 Å².